The first kappa shape index (κ1) is 14.9. The van der Waals surface area contributed by atoms with E-state index in [0.717, 1.165) is 26.2 Å². The third-order valence-corrected chi connectivity index (χ3v) is 3.82. The Hall–Kier alpha value is -0.120. The van der Waals surface area contributed by atoms with Gasteiger partial charge in [0.25, 0.3) is 0 Å². The highest BCUT2D eigenvalue weighted by Gasteiger charge is 2.37. The Morgan fingerprint density at radius 3 is 1.71 bits per heavy atom. The van der Waals surface area contributed by atoms with Crippen LogP contribution in [0.1, 0.15) is 41.5 Å². The minimum Gasteiger partial charge on any atom is -0.329 e. The molecule has 0 bridgehead atoms. The fourth-order valence-corrected chi connectivity index (χ4v) is 2.35. The Bertz CT molecular complexity index is 215. The molecule has 1 rings (SSSR count). The van der Waals surface area contributed by atoms with Gasteiger partial charge in [-0.1, -0.05) is 41.5 Å². The Labute approximate surface area is 107 Å². The molecule has 3 heteroatoms. The second-order valence-corrected chi connectivity index (χ2v) is 7.55. The number of nitrogens with two attached hydrogens (primary N) is 1. The van der Waals surface area contributed by atoms with E-state index in [4.69, 9.17) is 5.73 Å². The van der Waals surface area contributed by atoms with Gasteiger partial charge in [-0.15, -0.1) is 0 Å². The Kier molecular flexibility index (Phi) is 4.61. The van der Waals surface area contributed by atoms with Gasteiger partial charge in [0.1, 0.15) is 0 Å². The molecule has 3 N–H and O–H groups in total. The van der Waals surface area contributed by atoms with Gasteiger partial charge in [-0.25, -0.2) is 0 Å². The van der Waals surface area contributed by atoms with Crippen molar-refractivity contribution in [1.29, 1.82) is 0 Å². The van der Waals surface area contributed by atoms with E-state index in [-0.39, 0.29) is 0 Å². The van der Waals surface area contributed by atoms with E-state index in [1.54, 1.807) is 0 Å². The zero-order valence-electron chi connectivity index (χ0n) is 12.5. The summed E-state index contributed by atoms with van der Waals surface area (Å²) in [5, 5.41) is 3.84. The molecule has 0 radical (unpaired) electrons. The normalized spacial score (nSPS) is 28.4. The van der Waals surface area contributed by atoms with Crippen LogP contribution in [0.4, 0.5) is 0 Å². The number of nitrogens with zero attached hydrogens (tertiary/aromatic N) is 1. The quantitative estimate of drug-likeness (QED) is 0.773. The molecule has 0 aromatic carbocycles. The lowest BCUT2D eigenvalue weighted by Gasteiger charge is -2.48. The van der Waals surface area contributed by atoms with Gasteiger partial charge in [0.05, 0.1) is 0 Å². The number of nitrogens with one attached hydrogen (secondary N) is 1. The molecule has 1 fully saturated rings. The highest BCUT2D eigenvalue weighted by Crippen LogP contribution is 2.29. The maximum atomic E-state index is 5.71. The Morgan fingerprint density at radius 2 is 1.41 bits per heavy atom. The highest BCUT2D eigenvalue weighted by molar-refractivity contribution is 4.96. The summed E-state index contributed by atoms with van der Waals surface area (Å²) in [4.78, 5) is 2.52. The predicted octanol–water partition coefficient (Wildman–Crippen LogP) is 1.68. The Balaban J connectivity index is 2.76. The van der Waals surface area contributed by atoms with Gasteiger partial charge < -0.3 is 11.1 Å². The molecular weight excluding hydrogens is 210 g/mol. The zero-order valence-corrected chi connectivity index (χ0v) is 12.5. The monoisotopic (exact) mass is 241 g/mol. The van der Waals surface area contributed by atoms with E-state index in [1.165, 1.54) is 0 Å². The molecule has 0 amide bonds. The van der Waals surface area contributed by atoms with Crippen molar-refractivity contribution in [2.75, 3.05) is 26.2 Å². The fraction of sp³-hybridized carbons (Fsp3) is 1.00. The van der Waals surface area contributed by atoms with Crippen molar-refractivity contribution in [2.24, 2.45) is 16.6 Å². The van der Waals surface area contributed by atoms with Crippen molar-refractivity contribution in [3.8, 4) is 0 Å². The standard InChI is InChI=1S/C14H31N3/c1-13(2,3)11-9-17(8-7-15)10-12(16-11)14(4,5)6/h11-12,16H,7-10,15H2,1-6H3. The topological polar surface area (TPSA) is 41.3 Å². The molecule has 102 valence electrons. The Morgan fingerprint density at radius 1 is 1.00 bits per heavy atom. The maximum Gasteiger partial charge on any atom is 0.0246 e. The fourth-order valence-electron chi connectivity index (χ4n) is 2.35. The lowest BCUT2D eigenvalue weighted by molar-refractivity contribution is 0.0645. The highest BCUT2D eigenvalue weighted by atomic mass is 15.2. The third kappa shape index (κ3) is 4.23. The average Bonchev–Trinajstić information content (AvgIpc) is 2.15. The number of hydrogen-bond donors (Lipinski definition) is 2. The first-order valence-electron chi connectivity index (χ1n) is 6.83. The van der Waals surface area contributed by atoms with E-state index in [2.05, 4.69) is 51.8 Å². The van der Waals surface area contributed by atoms with Crippen molar-refractivity contribution < 1.29 is 0 Å². The lowest BCUT2D eigenvalue weighted by Crippen LogP contribution is -2.64. The van der Waals surface area contributed by atoms with Crippen LogP contribution in [0, 0.1) is 10.8 Å². The summed E-state index contributed by atoms with van der Waals surface area (Å²) < 4.78 is 0. The molecule has 2 unspecified atom stereocenters. The van der Waals surface area contributed by atoms with Crippen molar-refractivity contribution in [1.82, 2.24) is 10.2 Å². The van der Waals surface area contributed by atoms with Crippen molar-refractivity contribution in [3.05, 3.63) is 0 Å². The molecule has 2 atom stereocenters. The van der Waals surface area contributed by atoms with Crippen LogP contribution >= 0.6 is 0 Å². The largest absolute Gasteiger partial charge is 0.329 e. The maximum absolute atomic E-state index is 5.71. The number of rotatable bonds is 2. The molecule has 1 aliphatic rings. The summed E-state index contributed by atoms with van der Waals surface area (Å²) in [5.41, 5.74) is 6.31. The lowest BCUT2D eigenvalue weighted by atomic mass is 9.79. The minimum absolute atomic E-state index is 0.302. The van der Waals surface area contributed by atoms with Gasteiger partial charge >= 0.3 is 0 Å². The molecule has 0 aliphatic carbocycles. The van der Waals surface area contributed by atoms with Crippen LogP contribution in [-0.2, 0) is 0 Å². The molecular formula is C14H31N3. The molecule has 0 aromatic rings. The predicted molar refractivity (Wildman–Crippen MR) is 75.1 cm³/mol. The average molecular weight is 241 g/mol. The van der Waals surface area contributed by atoms with Crippen molar-refractivity contribution in [2.45, 2.75) is 53.6 Å². The van der Waals surface area contributed by atoms with E-state index >= 15 is 0 Å². The molecule has 0 saturated carbocycles. The van der Waals surface area contributed by atoms with Crippen LogP contribution < -0.4 is 11.1 Å². The summed E-state index contributed by atoms with van der Waals surface area (Å²) in [6.07, 6.45) is 0. The van der Waals surface area contributed by atoms with Gasteiger partial charge in [-0.3, -0.25) is 4.90 Å². The van der Waals surface area contributed by atoms with Crippen LogP contribution in [0.2, 0.25) is 0 Å². The molecule has 1 saturated heterocycles. The van der Waals surface area contributed by atoms with E-state index in [9.17, 15) is 0 Å². The molecule has 0 spiro atoms. The van der Waals surface area contributed by atoms with Crippen molar-refractivity contribution in [3.63, 3.8) is 0 Å². The van der Waals surface area contributed by atoms with Crippen LogP contribution in [0.5, 0.6) is 0 Å². The van der Waals surface area contributed by atoms with Gasteiger partial charge in [-0.2, -0.15) is 0 Å². The number of hydrogen-bond acceptors (Lipinski definition) is 3. The SMILES string of the molecule is CC(C)(C)C1CN(CCN)CC(C(C)(C)C)N1. The summed E-state index contributed by atoms with van der Waals surface area (Å²) in [5.74, 6) is 0. The van der Waals surface area contributed by atoms with Crippen LogP contribution in [0.3, 0.4) is 0 Å². The van der Waals surface area contributed by atoms with E-state index in [1.807, 2.05) is 0 Å². The van der Waals surface area contributed by atoms with Crippen LogP contribution in [0.25, 0.3) is 0 Å². The van der Waals surface area contributed by atoms with Gasteiger partial charge in [0, 0.05) is 38.3 Å². The molecule has 0 aromatic heterocycles. The van der Waals surface area contributed by atoms with Crippen LogP contribution in [0.15, 0.2) is 0 Å². The molecule has 17 heavy (non-hydrogen) atoms. The molecule has 3 nitrogen and oxygen atoms in total. The number of piperazine rings is 1. The van der Waals surface area contributed by atoms with Crippen molar-refractivity contribution >= 4 is 0 Å². The summed E-state index contributed by atoms with van der Waals surface area (Å²) >= 11 is 0. The summed E-state index contributed by atoms with van der Waals surface area (Å²) in [6, 6.07) is 1.10. The van der Waals surface area contributed by atoms with E-state index < -0.39 is 0 Å². The van der Waals surface area contributed by atoms with Gasteiger partial charge in [0.2, 0.25) is 0 Å². The second-order valence-electron chi connectivity index (χ2n) is 7.55. The first-order chi connectivity index (χ1) is 7.64. The summed E-state index contributed by atoms with van der Waals surface area (Å²) in [6.45, 7) is 17.9. The second kappa shape index (κ2) is 5.25. The third-order valence-electron chi connectivity index (χ3n) is 3.82. The van der Waals surface area contributed by atoms with Crippen LogP contribution in [-0.4, -0.2) is 43.2 Å². The van der Waals surface area contributed by atoms with E-state index in [0.29, 0.717) is 22.9 Å². The summed E-state index contributed by atoms with van der Waals surface area (Å²) in [7, 11) is 0. The van der Waals surface area contributed by atoms with Gasteiger partial charge in [-0.05, 0) is 10.8 Å². The smallest absolute Gasteiger partial charge is 0.0246 e. The first-order valence-corrected chi connectivity index (χ1v) is 6.83. The van der Waals surface area contributed by atoms with Gasteiger partial charge in [0.15, 0.2) is 0 Å². The molecule has 1 aliphatic heterocycles. The zero-order chi connectivity index (χ0) is 13.3. The minimum atomic E-state index is 0.302. The molecule has 1 heterocycles.